The van der Waals surface area contributed by atoms with Crippen molar-refractivity contribution >= 4 is 29.3 Å². The Labute approximate surface area is 219 Å². The van der Waals surface area contributed by atoms with Crippen molar-refractivity contribution in [1.82, 2.24) is 5.32 Å². The first-order chi connectivity index (χ1) is 18.4. The molecule has 2 fully saturated rings. The Balaban J connectivity index is 1.08. The quantitative estimate of drug-likeness (QED) is 0.392. The van der Waals surface area contributed by atoms with Crippen LogP contribution in [0.2, 0.25) is 0 Å². The standard InChI is InChI=1S/C28H27N3O7/c1-17(32)18-7-9-19(10-8-18)29-27(33)31-23-15-35-26-24(16-36-25(23)26)38-28(34)30-20-11-13-22(14-12-20)37-21-5-3-2-4-6-21/h2-14,23-26H,15-16H2,1H3,(H,30,34)(H2,29,31,33)/t23-,24+,25+,26+/m0/s1. The normalized spacial score (nSPS) is 21.7. The molecule has 3 amide bonds. The highest BCUT2D eigenvalue weighted by Crippen LogP contribution is 2.29. The summed E-state index contributed by atoms with van der Waals surface area (Å²) in [4.78, 5) is 36.3. The van der Waals surface area contributed by atoms with Crippen molar-refractivity contribution in [2.45, 2.75) is 31.3 Å². The molecule has 196 valence electrons. The number of hydrogen-bond donors (Lipinski definition) is 3. The van der Waals surface area contributed by atoms with Crippen LogP contribution in [0.25, 0.3) is 0 Å². The zero-order chi connectivity index (χ0) is 26.5. The number of para-hydroxylation sites is 1. The Bertz CT molecular complexity index is 1280. The van der Waals surface area contributed by atoms with Gasteiger partial charge in [0, 0.05) is 16.9 Å². The second-order valence-corrected chi connectivity index (χ2v) is 8.94. The first-order valence-corrected chi connectivity index (χ1v) is 12.2. The number of nitrogens with one attached hydrogen (secondary N) is 3. The summed E-state index contributed by atoms with van der Waals surface area (Å²) in [5.41, 5.74) is 1.66. The molecule has 2 saturated heterocycles. The molecule has 2 heterocycles. The molecule has 0 radical (unpaired) electrons. The third-order valence-electron chi connectivity index (χ3n) is 6.21. The van der Waals surface area contributed by atoms with Crippen molar-refractivity contribution in [2.75, 3.05) is 23.8 Å². The van der Waals surface area contributed by atoms with Gasteiger partial charge in [-0.1, -0.05) is 18.2 Å². The van der Waals surface area contributed by atoms with Crippen molar-refractivity contribution in [2.24, 2.45) is 0 Å². The van der Waals surface area contributed by atoms with Gasteiger partial charge in [0.15, 0.2) is 11.9 Å². The summed E-state index contributed by atoms with van der Waals surface area (Å²) in [5, 5.41) is 8.26. The molecule has 3 aromatic rings. The fourth-order valence-electron chi connectivity index (χ4n) is 4.33. The molecule has 5 rings (SSSR count). The summed E-state index contributed by atoms with van der Waals surface area (Å²) in [6.07, 6.45) is -2.20. The van der Waals surface area contributed by atoms with Crippen LogP contribution in [-0.2, 0) is 14.2 Å². The molecule has 0 saturated carbocycles. The number of ketones is 1. The van der Waals surface area contributed by atoms with Crippen LogP contribution in [0.4, 0.5) is 21.0 Å². The molecule has 10 heteroatoms. The highest BCUT2D eigenvalue weighted by molar-refractivity contribution is 5.95. The van der Waals surface area contributed by atoms with Gasteiger partial charge < -0.3 is 29.6 Å². The van der Waals surface area contributed by atoms with Gasteiger partial charge in [-0.15, -0.1) is 0 Å². The van der Waals surface area contributed by atoms with Gasteiger partial charge in [-0.2, -0.15) is 0 Å². The number of carbonyl (C=O) groups is 3. The lowest BCUT2D eigenvalue weighted by Crippen LogP contribution is -2.46. The van der Waals surface area contributed by atoms with E-state index in [1.165, 1.54) is 6.92 Å². The molecule has 2 aliphatic heterocycles. The average Bonchev–Trinajstić information content (AvgIpc) is 3.49. The number of rotatable bonds is 7. The average molecular weight is 518 g/mol. The third kappa shape index (κ3) is 6.10. The van der Waals surface area contributed by atoms with Crippen molar-refractivity contribution in [3.8, 4) is 11.5 Å². The zero-order valence-electron chi connectivity index (χ0n) is 20.6. The molecule has 0 aromatic heterocycles. The number of amides is 3. The maximum atomic E-state index is 12.5. The summed E-state index contributed by atoms with van der Waals surface area (Å²) >= 11 is 0. The number of hydrogen-bond acceptors (Lipinski definition) is 7. The fourth-order valence-corrected chi connectivity index (χ4v) is 4.33. The number of urea groups is 1. The maximum Gasteiger partial charge on any atom is 0.412 e. The molecule has 3 N–H and O–H groups in total. The molecule has 4 atom stereocenters. The first-order valence-electron chi connectivity index (χ1n) is 12.2. The lowest BCUT2D eigenvalue weighted by molar-refractivity contribution is 0.00873. The molecule has 0 bridgehead atoms. The van der Waals surface area contributed by atoms with Gasteiger partial charge in [-0.05, 0) is 67.6 Å². The van der Waals surface area contributed by atoms with Gasteiger partial charge >= 0.3 is 12.1 Å². The van der Waals surface area contributed by atoms with E-state index in [9.17, 15) is 14.4 Å². The highest BCUT2D eigenvalue weighted by Gasteiger charge is 2.50. The first kappa shape index (κ1) is 25.2. The van der Waals surface area contributed by atoms with Gasteiger partial charge in [0.2, 0.25) is 0 Å². The van der Waals surface area contributed by atoms with E-state index >= 15 is 0 Å². The Morgan fingerprint density at radius 1 is 0.763 bits per heavy atom. The largest absolute Gasteiger partial charge is 0.457 e. The smallest absolute Gasteiger partial charge is 0.412 e. The van der Waals surface area contributed by atoms with Gasteiger partial charge in [0.05, 0.1) is 19.3 Å². The van der Waals surface area contributed by atoms with E-state index in [0.29, 0.717) is 28.4 Å². The Kier molecular flexibility index (Phi) is 7.52. The minimum absolute atomic E-state index is 0.0506. The summed E-state index contributed by atoms with van der Waals surface area (Å²) in [7, 11) is 0. The lowest BCUT2D eigenvalue weighted by Gasteiger charge is -2.18. The number of fused-ring (bicyclic) bond motifs is 1. The monoisotopic (exact) mass is 517 g/mol. The predicted molar refractivity (Wildman–Crippen MR) is 139 cm³/mol. The van der Waals surface area contributed by atoms with Crippen LogP contribution in [0.1, 0.15) is 17.3 Å². The molecule has 2 aliphatic rings. The van der Waals surface area contributed by atoms with Crippen LogP contribution in [0.5, 0.6) is 11.5 Å². The summed E-state index contributed by atoms with van der Waals surface area (Å²) in [6.45, 7) is 1.85. The van der Waals surface area contributed by atoms with E-state index in [1.54, 1.807) is 48.5 Å². The minimum Gasteiger partial charge on any atom is -0.457 e. The Hall–Kier alpha value is -4.41. The fraction of sp³-hybridized carbons (Fsp3) is 0.250. The third-order valence-corrected chi connectivity index (χ3v) is 6.21. The van der Waals surface area contributed by atoms with E-state index in [2.05, 4.69) is 16.0 Å². The van der Waals surface area contributed by atoms with Crippen LogP contribution in [-0.4, -0.2) is 55.5 Å². The van der Waals surface area contributed by atoms with Crippen molar-refractivity contribution in [3.05, 3.63) is 84.4 Å². The summed E-state index contributed by atoms with van der Waals surface area (Å²) in [6, 6.07) is 22.1. The second-order valence-electron chi connectivity index (χ2n) is 8.94. The number of benzene rings is 3. The second kappa shape index (κ2) is 11.3. The highest BCUT2D eigenvalue weighted by atomic mass is 16.6. The summed E-state index contributed by atoms with van der Waals surface area (Å²) in [5.74, 6) is 1.30. The van der Waals surface area contributed by atoms with E-state index in [4.69, 9.17) is 18.9 Å². The number of Topliss-reactive ketones (excluding diaryl/α,β-unsaturated/α-hetero) is 1. The van der Waals surface area contributed by atoms with Gasteiger partial charge in [0.25, 0.3) is 0 Å². The maximum absolute atomic E-state index is 12.5. The molecule has 10 nitrogen and oxygen atoms in total. The number of carbonyl (C=O) groups excluding carboxylic acids is 3. The van der Waals surface area contributed by atoms with Crippen molar-refractivity contribution in [3.63, 3.8) is 0 Å². The Morgan fingerprint density at radius 2 is 1.39 bits per heavy atom. The summed E-state index contributed by atoms with van der Waals surface area (Å²) < 4.78 is 22.9. The SMILES string of the molecule is CC(=O)c1ccc(NC(=O)N[C@H]2CO[C@H]3[C@@H]2OC[C@H]3OC(=O)Nc2ccc(Oc3ccccc3)cc2)cc1. The molecular weight excluding hydrogens is 490 g/mol. The molecular formula is C28H27N3O7. The van der Waals surface area contributed by atoms with E-state index in [0.717, 1.165) is 0 Å². The number of ether oxygens (including phenoxy) is 4. The van der Waals surface area contributed by atoms with Crippen LogP contribution >= 0.6 is 0 Å². The van der Waals surface area contributed by atoms with Gasteiger partial charge in [-0.25, -0.2) is 9.59 Å². The molecule has 0 unspecified atom stereocenters. The van der Waals surface area contributed by atoms with E-state index in [1.807, 2.05) is 30.3 Å². The van der Waals surface area contributed by atoms with E-state index in [-0.39, 0.29) is 19.0 Å². The zero-order valence-corrected chi connectivity index (χ0v) is 20.6. The van der Waals surface area contributed by atoms with Gasteiger partial charge in [0.1, 0.15) is 23.7 Å². The van der Waals surface area contributed by atoms with Crippen LogP contribution in [0, 0.1) is 0 Å². The van der Waals surface area contributed by atoms with Crippen LogP contribution in [0.3, 0.4) is 0 Å². The van der Waals surface area contributed by atoms with Crippen LogP contribution in [0.15, 0.2) is 78.9 Å². The lowest BCUT2D eigenvalue weighted by atomic mass is 10.1. The van der Waals surface area contributed by atoms with Crippen molar-refractivity contribution < 1.29 is 33.3 Å². The molecule has 0 aliphatic carbocycles. The predicted octanol–water partition coefficient (Wildman–Crippen LogP) is 4.59. The minimum atomic E-state index is -0.636. The van der Waals surface area contributed by atoms with Crippen LogP contribution < -0.4 is 20.7 Å². The number of anilines is 2. The topological polar surface area (TPSA) is 124 Å². The molecule has 0 spiro atoms. The van der Waals surface area contributed by atoms with Crippen molar-refractivity contribution in [1.29, 1.82) is 0 Å². The van der Waals surface area contributed by atoms with Gasteiger partial charge in [-0.3, -0.25) is 10.1 Å². The molecule has 38 heavy (non-hydrogen) atoms. The van der Waals surface area contributed by atoms with E-state index < -0.39 is 36.5 Å². The Morgan fingerprint density at radius 3 is 2.11 bits per heavy atom. The molecule has 3 aromatic carbocycles.